The second-order valence-electron chi connectivity index (χ2n) is 5.39. The molecule has 6 heteroatoms. The van der Waals surface area contributed by atoms with Crippen molar-refractivity contribution in [1.29, 1.82) is 0 Å². The molecular weight excluding hydrogens is 352 g/mol. The fourth-order valence-corrected chi connectivity index (χ4v) is 4.94. The zero-order chi connectivity index (χ0) is 16.0. The van der Waals surface area contributed by atoms with Crippen LogP contribution < -0.4 is 5.73 Å². The Hall–Kier alpha value is -0.430. The fraction of sp³-hybridized carbons (Fsp3) is 0.600. The first-order chi connectivity index (χ1) is 9.84. The molecule has 0 aliphatic rings. The van der Waals surface area contributed by atoms with Gasteiger partial charge in [0.15, 0.2) is 0 Å². The maximum absolute atomic E-state index is 12.9. The number of halogens is 1. The second-order valence-corrected chi connectivity index (χ2v) is 8.10. The minimum absolute atomic E-state index is 0.0621. The number of nitrogens with two attached hydrogens (primary N) is 1. The largest absolute Gasteiger partial charge is 0.326 e. The minimum atomic E-state index is -3.49. The molecule has 21 heavy (non-hydrogen) atoms. The molecule has 0 unspecified atom stereocenters. The average Bonchev–Trinajstić information content (AvgIpc) is 2.42. The quantitative estimate of drug-likeness (QED) is 0.706. The van der Waals surface area contributed by atoms with E-state index in [1.807, 2.05) is 13.8 Å². The number of hydrogen-bond acceptors (Lipinski definition) is 3. The molecule has 0 aromatic heterocycles. The number of nitrogens with zero attached hydrogens (tertiary/aromatic N) is 1. The first-order valence-corrected chi connectivity index (χ1v) is 9.58. The van der Waals surface area contributed by atoms with Gasteiger partial charge in [-0.05, 0) is 53.9 Å². The molecule has 1 rings (SSSR count). The van der Waals surface area contributed by atoms with Crippen molar-refractivity contribution in [3.63, 3.8) is 0 Å². The molecule has 1 aromatic rings. The lowest BCUT2D eigenvalue weighted by Crippen LogP contribution is -2.37. The van der Waals surface area contributed by atoms with Crippen molar-refractivity contribution < 1.29 is 8.42 Å². The van der Waals surface area contributed by atoms with E-state index in [-0.39, 0.29) is 6.04 Å². The maximum atomic E-state index is 12.9. The van der Waals surface area contributed by atoms with E-state index in [0.717, 1.165) is 24.8 Å². The van der Waals surface area contributed by atoms with Gasteiger partial charge in [-0.25, -0.2) is 8.42 Å². The summed E-state index contributed by atoms with van der Waals surface area (Å²) in [4.78, 5) is 0.310. The van der Waals surface area contributed by atoms with E-state index < -0.39 is 10.0 Å². The molecule has 0 spiro atoms. The summed E-state index contributed by atoms with van der Waals surface area (Å²) in [6.45, 7) is 6.87. The van der Waals surface area contributed by atoms with Gasteiger partial charge in [0.05, 0.1) is 4.90 Å². The first-order valence-electron chi connectivity index (χ1n) is 7.35. The van der Waals surface area contributed by atoms with Crippen molar-refractivity contribution >= 4 is 26.0 Å². The lowest BCUT2D eigenvalue weighted by molar-refractivity contribution is 0.345. The molecule has 2 N–H and O–H groups in total. The third kappa shape index (κ3) is 4.77. The standard InChI is InChI=1S/C15H25BrN2O2S/c1-4-5-6-9-18(12(2)3)21(19,20)15-8-7-13(11-17)10-14(15)16/h7-8,10,12H,4-6,9,11,17H2,1-3H3. The number of hydrogen-bond donors (Lipinski definition) is 1. The van der Waals surface area contributed by atoms with Crippen LogP contribution in [-0.2, 0) is 16.6 Å². The van der Waals surface area contributed by atoms with E-state index in [9.17, 15) is 8.42 Å². The molecule has 0 atom stereocenters. The van der Waals surface area contributed by atoms with Crippen LogP contribution in [0.4, 0.5) is 0 Å². The molecule has 0 heterocycles. The van der Waals surface area contributed by atoms with Gasteiger partial charge in [0, 0.05) is 23.6 Å². The normalized spacial score (nSPS) is 12.3. The summed E-state index contributed by atoms with van der Waals surface area (Å²) in [5, 5.41) is 0. The predicted octanol–water partition coefficient (Wildman–Crippen LogP) is 3.50. The summed E-state index contributed by atoms with van der Waals surface area (Å²) in [5.74, 6) is 0. The van der Waals surface area contributed by atoms with Gasteiger partial charge in [0.2, 0.25) is 10.0 Å². The van der Waals surface area contributed by atoms with Gasteiger partial charge in [-0.3, -0.25) is 0 Å². The van der Waals surface area contributed by atoms with Crippen molar-refractivity contribution in [2.24, 2.45) is 5.73 Å². The topological polar surface area (TPSA) is 63.4 Å². The van der Waals surface area contributed by atoms with Gasteiger partial charge in [-0.2, -0.15) is 4.31 Å². The SMILES string of the molecule is CCCCCN(C(C)C)S(=O)(=O)c1ccc(CN)cc1Br. The number of unbranched alkanes of at least 4 members (excludes halogenated alkanes) is 2. The Morgan fingerprint density at radius 3 is 2.43 bits per heavy atom. The molecule has 0 radical (unpaired) electrons. The zero-order valence-electron chi connectivity index (χ0n) is 13.0. The highest BCUT2D eigenvalue weighted by Crippen LogP contribution is 2.27. The summed E-state index contributed by atoms with van der Waals surface area (Å²) >= 11 is 3.36. The highest BCUT2D eigenvalue weighted by Gasteiger charge is 2.28. The maximum Gasteiger partial charge on any atom is 0.244 e. The van der Waals surface area contributed by atoms with Crippen molar-refractivity contribution in [1.82, 2.24) is 4.31 Å². The van der Waals surface area contributed by atoms with Crippen molar-refractivity contribution in [3.05, 3.63) is 28.2 Å². The van der Waals surface area contributed by atoms with Crippen LogP contribution in [0, 0.1) is 0 Å². The molecule has 0 saturated heterocycles. The van der Waals surface area contributed by atoms with E-state index >= 15 is 0 Å². The third-order valence-corrected chi connectivity index (χ3v) is 6.43. The van der Waals surface area contributed by atoms with E-state index in [4.69, 9.17) is 5.73 Å². The zero-order valence-corrected chi connectivity index (χ0v) is 15.4. The highest BCUT2D eigenvalue weighted by atomic mass is 79.9. The Labute approximate surface area is 136 Å². The Balaban J connectivity index is 3.11. The van der Waals surface area contributed by atoms with E-state index in [0.29, 0.717) is 22.5 Å². The molecule has 4 nitrogen and oxygen atoms in total. The highest BCUT2D eigenvalue weighted by molar-refractivity contribution is 9.10. The fourth-order valence-electron chi connectivity index (χ4n) is 2.18. The van der Waals surface area contributed by atoms with Crippen LogP contribution in [0.25, 0.3) is 0 Å². The molecule has 0 aliphatic carbocycles. The number of sulfonamides is 1. The van der Waals surface area contributed by atoms with Crippen LogP contribution >= 0.6 is 15.9 Å². The smallest absolute Gasteiger partial charge is 0.244 e. The molecule has 0 fully saturated rings. The number of benzene rings is 1. The monoisotopic (exact) mass is 376 g/mol. The van der Waals surface area contributed by atoms with Crippen LogP contribution in [0.15, 0.2) is 27.6 Å². The summed E-state index contributed by atoms with van der Waals surface area (Å²) in [6, 6.07) is 5.11. The predicted molar refractivity (Wildman–Crippen MR) is 90.6 cm³/mol. The molecule has 120 valence electrons. The Kier molecular flexibility index (Phi) is 7.33. The van der Waals surface area contributed by atoms with Gasteiger partial charge in [0.25, 0.3) is 0 Å². The third-order valence-electron chi connectivity index (χ3n) is 3.38. The molecule has 1 aromatic carbocycles. The van der Waals surface area contributed by atoms with Crippen LogP contribution in [0.1, 0.15) is 45.6 Å². The van der Waals surface area contributed by atoms with Gasteiger partial charge < -0.3 is 5.73 Å². The first kappa shape index (κ1) is 18.6. The Morgan fingerprint density at radius 2 is 1.95 bits per heavy atom. The van der Waals surface area contributed by atoms with Gasteiger partial charge >= 0.3 is 0 Å². The van der Waals surface area contributed by atoms with Crippen molar-refractivity contribution in [2.45, 2.75) is 57.5 Å². The lowest BCUT2D eigenvalue weighted by Gasteiger charge is -2.26. The molecule has 0 saturated carbocycles. The Morgan fingerprint density at radius 1 is 1.29 bits per heavy atom. The van der Waals surface area contributed by atoms with Crippen LogP contribution in [0.3, 0.4) is 0 Å². The van der Waals surface area contributed by atoms with Gasteiger partial charge in [-0.1, -0.05) is 25.8 Å². The summed E-state index contributed by atoms with van der Waals surface area (Å²) < 4.78 is 27.9. The van der Waals surface area contributed by atoms with E-state index in [1.54, 1.807) is 22.5 Å². The number of rotatable bonds is 8. The van der Waals surface area contributed by atoms with E-state index in [2.05, 4.69) is 22.9 Å². The summed E-state index contributed by atoms with van der Waals surface area (Å²) in [5.41, 5.74) is 6.49. The van der Waals surface area contributed by atoms with Crippen molar-refractivity contribution in [2.75, 3.05) is 6.54 Å². The molecular formula is C15H25BrN2O2S. The molecule has 0 amide bonds. The van der Waals surface area contributed by atoms with Gasteiger partial charge in [-0.15, -0.1) is 0 Å². The summed E-state index contributed by atoms with van der Waals surface area (Å²) in [6.07, 6.45) is 2.99. The summed E-state index contributed by atoms with van der Waals surface area (Å²) in [7, 11) is -3.49. The van der Waals surface area contributed by atoms with Crippen LogP contribution in [0.2, 0.25) is 0 Å². The second kappa shape index (κ2) is 8.27. The molecule has 0 aliphatic heterocycles. The molecule has 0 bridgehead atoms. The van der Waals surface area contributed by atoms with Gasteiger partial charge in [0.1, 0.15) is 0 Å². The Bertz CT molecular complexity index is 559. The van der Waals surface area contributed by atoms with Crippen LogP contribution in [0.5, 0.6) is 0 Å². The van der Waals surface area contributed by atoms with E-state index in [1.165, 1.54) is 0 Å². The van der Waals surface area contributed by atoms with Crippen molar-refractivity contribution in [3.8, 4) is 0 Å². The minimum Gasteiger partial charge on any atom is -0.326 e. The lowest BCUT2D eigenvalue weighted by atomic mass is 10.2. The van der Waals surface area contributed by atoms with Crippen LogP contribution in [-0.4, -0.2) is 25.3 Å². The average molecular weight is 377 g/mol.